The van der Waals surface area contributed by atoms with Gasteiger partial charge < -0.3 is 24.3 Å². The smallest absolute Gasteiger partial charge is 0.408 e. The lowest BCUT2D eigenvalue weighted by Gasteiger charge is -2.43. The Morgan fingerprint density at radius 1 is 1.00 bits per heavy atom. The van der Waals surface area contributed by atoms with Crippen LogP contribution in [0.15, 0.2) is 71.1 Å². The minimum absolute atomic E-state index is 0. The maximum Gasteiger partial charge on any atom is 0.408 e. The molecule has 0 unspecified atom stereocenters. The van der Waals surface area contributed by atoms with E-state index in [4.69, 9.17) is 19.0 Å². The Hall–Kier alpha value is -3.20. The number of piperidine rings is 3. The average molecular weight is 549 g/mol. The molecular weight excluding hydrogens is 519 g/mol. The van der Waals surface area contributed by atoms with Crippen molar-refractivity contribution in [1.29, 1.82) is 0 Å². The molecule has 3 aliphatic heterocycles. The van der Waals surface area contributed by atoms with Crippen molar-refractivity contribution in [2.75, 3.05) is 19.6 Å². The van der Waals surface area contributed by atoms with E-state index in [2.05, 4.69) is 10.2 Å². The maximum absolute atomic E-state index is 13.0. The summed E-state index contributed by atoms with van der Waals surface area (Å²) in [5.74, 6) is 0.157. The molecule has 0 spiro atoms. The van der Waals surface area contributed by atoms with E-state index >= 15 is 0 Å². The monoisotopic (exact) mass is 548 g/mol. The first kappa shape index (κ1) is 28.4. The quantitative estimate of drug-likeness (QED) is 0.393. The van der Waals surface area contributed by atoms with Crippen LogP contribution < -0.4 is 10.1 Å². The fraction of sp³-hybridized carbons (Fsp3) is 0.333. The minimum atomic E-state index is -1.12. The molecule has 0 radical (unpaired) electrons. The van der Waals surface area contributed by atoms with Crippen molar-refractivity contribution in [3.05, 3.63) is 89.4 Å². The number of aromatic carboxylic acids is 1. The molecule has 3 fully saturated rings. The van der Waals surface area contributed by atoms with Crippen LogP contribution in [0.1, 0.15) is 46.3 Å². The molecule has 2 aromatic carbocycles. The first-order valence-corrected chi connectivity index (χ1v) is 11.8. The van der Waals surface area contributed by atoms with Crippen LogP contribution >= 0.6 is 24.8 Å². The van der Waals surface area contributed by atoms with Gasteiger partial charge in [0.2, 0.25) is 5.76 Å². The van der Waals surface area contributed by atoms with E-state index in [0.29, 0.717) is 17.4 Å². The van der Waals surface area contributed by atoms with Crippen LogP contribution in [0.2, 0.25) is 0 Å². The number of halogens is 2. The van der Waals surface area contributed by atoms with Crippen LogP contribution in [-0.4, -0.2) is 47.8 Å². The number of alkyl carbamates (subject to hydrolysis) is 1. The molecule has 1 amide bonds. The molecule has 198 valence electrons. The number of amides is 1. The van der Waals surface area contributed by atoms with Crippen molar-refractivity contribution < 1.29 is 28.6 Å². The number of nitrogens with zero attached hydrogens (tertiary/aromatic N) is 1. The number of carbonyl (C=O) groups is 2. The standard InChI is InChI=1S/C27H28N2O6.2ClH/c30-26(31)23-10-9-22(34-23)17-33-21-8-4-7-20(15-21)25(19-5-2-1-3-6-19)28-27(32)35-24-16-29-13-11-18(24)12-14-29;;/h1-10,15,18,24-25H,11-14,16-17H2,(H,28,32)(H,30,31);2*1H/t24-,25-;;/m0../s1. The lowest BCUT2D eigenvalue weighted by Crippen LogP contribution is -2.52. The summed E-state index contributed by atoms with van der Waals surface area (Å²) < 4.78 is 17.0. The number of furan rings is 1. The second kappa shape index (κ2) is 12.9. The van der Waals surface area contributed by atoms with Crippen molar-refractivity contribution in [3.8, 4) is 5.75 Å². The topological polar surface area (TPSA) is 101 Å². The molecule has 0 aliphatic carbocycles. The lowest BCUT2D eigenvalue weighted by molar-refractivity contribution is -0.0336. The van der Waals surface area contributed by atoms with E-state index in [9.17, 15) is 9.59 Å². The van der Waals surface area contributed by atoms with Crippen LogP contribution in [0, 0.1) is 5.92 Å². The molecule has 8 nitrogen and oxygen atoms in total. The highest BCUT2D eigenvalue weighted by molar-refractivity contribution is 5.85. The van der Waals surface area contributed by atoms with E-state index in [0.717, 1.165) is 43.6 Å². The third-order valence-corrected chi connectivity index (χ3v) is 6.69. The van der Waals surface area contributed by atoms with E-state index in [1.807, 2.05) is 48.5 Å². The van der Waals surface area contributed by atoms with Crippen molar-refractivity contribution in [2.24, 2.45) is 5.92 Å². The fourth-order valence-corrected chi connectivity index (χ4v) is 4.85. The molecule has 3 saturated heterocycles. The Bertz CT molecular complexity index is 1180. The van der Waals surface area contributed by atoms with Gasteiger partial charge in [-0.1, -0.05) is 42.5 Å². The van der Waals surface area contributed by atoms with Gasteiger partial charge in [-0.25, -0.2) is 9.59 Å². The van der Waals surface area contributed by atoms with Gasteiger partial charge in [-0.2, -0.15) is 0 Å². The van der Waals surface area contributed by atoms with E-state index < -0.39 is 18.1 Å². The number of hydrogen-bond donors (Lipinski definition) is 2. The summed E-state index contributed by atoms with van der Waals surface area (Å²) in [6.45, 7) is 3.05. The Morgan fingerprint density at radius 3 is 2.38 bits per heavy atom. The summed E-state index contributed by atoms with van der Waals surface area (Å²) >= 11 is 0. The van der Waals surface area contributed by atoms with Gasteiger partial charge in [0.05, 0.1) is 6.04 Å². The molecule has 37 heavy (non-hydrogen) atoms. The van der Waals surface area contributed by atoms with Crippen molar-refractivity contribution in [1.82, 2.24) is 10.2 Å². The average Bonchev–Trinajstić information content (AvgIpc) is 3.37. The molecule has 3 aromatic rings. The highest BCUT2D eigenvalue weighted by Gasteiger charge is 2.36. The molecule has 0 saturated carbocycles. The first-order chi connectivity index (χ1) is 17.0. The van der Waals surface area contributed by atoms with Gasteiger partial charge >= 0.3 is 12.1 Å². The summed E-state index contributed by atoms with van der Waals surface area (Å²) in [5.41, 5.74) is 1.76. The second-order valence-corrected chi connectivity index (χ2v) is 9.00. The Morgan fingerprint density at radius 2 is 1.73 bits per heavy atom. The summed E-state index contributed by atoms with van der Waals surface area (Å²) in [7, 11) is 0. The van der Waals surface area contributed by atoms with Crippen LogP contribution in [-0.2, 0) is 11.3 Å². The predicted molar refractivity (Wildman–Crippen MR) is 142 cm³/mol. The number of carbonyl (C=O) groups excluding carboxylic acids is 1. The van der Waals surface area contributed by atoms with Crippen molar-refractivity contribution in [2.45, 2.75) is 31.6 Å². The van der Waals surface area contributed by atoms with Crippen LogP contribution in [0.4, 0.5) is 4.79 Å². The highest BCUT2D eigenvalue weighted by atomic mass is 35.5. The molecule has 2 N–H and O–H groups in total. The van der Waals surface area contributed by atoms with Crippen LogP contribution in [0.5, 0.6) is 5.75 Å². The summed E-state index contributed by atoms with van der Waals surface area (Å²) in [6.07, 6.45) is 1.64. The molecular formula is C27H30Cl2N2O6. The van der Waals surface area contributed by atoms with E-state index in [-0.39, 0.29) is 43.3 Å². The van der Waals surface area contributed by atoms with Crippen molar-refractivity contribution in [3.63, 3.8) is 0 Å². The number of ether oxygens (including phenoxy) is 2. The van der Waals surface area contributed by atoms with Crippen LogP contribution in [0.25, 0.3) is 0 Å². The number of carboxylic acids is 1. The van der Waals surface area contributed by atoms with Gasteiger partial charge in [-0.05, 0) is 67.2 Å². The number of carboxylic acid groups (broad SMARTS) is 1. The Kier molecular flexibility index (Phi) is 9.86. The third kappa shape index (κ3) is 6.97. The zero-order valence-electron chi connectivity index (χ0n) is 20.1. The van der Waals surface area contributed by atoms with Gasteiger partial charge in [0.25, 0.3) is 0 Å². The van der Waals surface area contributed by atoms with Gasteiger partial charge in [-0.3, -0.25) is 4.90 Å². The van der Waals surface area contributed by atoms with E-state index in [1.54, 1.807) is 12.1 Å². The van der Waals surface area contributed by atoms with Gasteiger partial charge in [0.15, 0.2) is 0 Å². The molecule has 1 aromatic heterocycles. The molecule has 2 atom stereocenters. The zero-order chi connectivity index (χ0) is 24.2. The normalized spacial score (nSPS) is 20.6. The minimum Gasteiger partial charge on any atom is -0.486 e. The number of benzene rings is 2. The highest BCUT2D eigenvalue weighted by Crippen LogP contribution is 2.30. The molecule has 10 heteroatoms. The SMILES string of the molecule is Cl.Cl.O=C(N[C@@H](c1ccccc1)c1cccc(OCc2ccc(C(=O)O)o2)c1)O[C@H]1CN2CCC1CC2. The number of nitrogens with one attached hydrogen (secondary N) is 1. The lowest BCUT2D eigenvalue weighted by atomic mass is 9.86. The Balaban J connectivity index is 0.00000190. The van der Waals surface area contributed by atoms with Gasteiger partial charge in [0, 0.05) is 6.54 Å². The van der Waals surface area contributed by atoms with Crippen LogP contribution in [0.3, 0.4) is 0 Å². The molecule has 2 bridgehead atoms. The predicted octanol–water partition coefficient (Wildman–Crippen LogP) is 5.31. The van der Waals surface area contributed by atoms with Gasteiger partial charge in [0.1, 0.15) is 24.2 Å². The first-order valence-electron chi connectivity index (χ1n) is 11.8. The second-order valence-electron chi connectivity index (χ2n) is 9.00. The summed E-state index contributed by atoms with van der Waals surface area (Å²) in [6, 6.07) is 19.7. The molecule has 4 heterocycles. The zero-order valence-corrected chi connectivity index (χ0v) is 21.7. The molecule has 6 rings (SSSR count). The van der Waals surface area contributed by atoms with Gasteiger partial charge in [-0.15, -0.1) is 24.8 Å². The number of rotatable bonds is 8. The molecule has 3 aliphatic rings. The third-order valence-electron chi connectivity index (χ3n) is 6.69. The largest absolute Gasteiger partial charge is 0.486 e. The number of fused-ring (bicyclic) bond motifs is 3. The fourth-order valence-electron chi connectivity index (χ4n) is 4.85. The number of hydrogen-bond acceptors (Lipinski definition) is 6. The summed E-state index contributed by atoms with van der Waals surface area (Å²) in [4.78, 5) is 26.3. The summed E-state index contributed by atoms with van der Waals surface area (Å²) in [5, 5.41) is 12.1. The Labute approximate surface area is 227 Å². The van der Waals surface area contributed by atoms with Crippen molar-refractivity contribution >= 4 is 36.9 Å². The maximum atomic E-state index is 13.0. The van der Waals surface area contributed by atoms with E-state index in [1.165, 1.54) is 6.07 Å².